The summed E-state index contributed by atoms with van der Waals surface area (Å²) < 4.78 is 58.4. The highest BCUT2D eigenvalue weighted by molar-refractivity contribution is 5.42. The number of hydrogen-bond donors (Lipinski definition) is 0. The molecule has 2 aliphatic carbocycles. The Morgan fingerprint density at radius 2 is 1.53 bits per heavy atom. The van der Waals surface area contributed by atoms with Crippen LogP contribution in [0.15, 0.2) is 24.3 Å². The van der Waals surface area contributed by atoms with Gasteiger partial charge in [0, 0.05) is 0 Å². The van der Waals surface area contributed by atoms with Crippen LogP contribution >= 0.6 is 0 Å². The topological polar surface area (TPSA) is 9.23 Å². The standard InChI is InChI=1S/C25H32F4O/c1-15(2)16-3-5-17(6-4-16)18-7-9-19(10-8-18)21-13-20-11-12-23(25(27,28)29)30-24(20)22(26)14-21/h13-14,16-19,23H,1,3-12H2,2H3. The SMILES string of the molecule is C=C(C)C1CCC(C2CCC(c3cc(F)c4c(c3)CCC(C(F)(F)F)O4)CC2)CC1. The minimum Gasteiger partial charge on any atom is -0.478 e. The van der Waals surface area contributed by atoms with Gasteiger partial charge >= 0.3 is 6.18 Å². The van der Waals surface area contributed by atoms with Crippen molar-refractivity contribution in [1.29, 1.82) is 0 Å². The average Bonchev–Trinajstić information content (AvgIpc) is 2.73. The normalized spacial score (nSPS) is 32.2. The first kappa shape index (κ1) is 21.7. The van der Waals surface area contributed by atoms with Gasteiger partial charge in [-0.05, 0) is 112 Å². The van der Waals surface area contributed by atoms with Crippen LogP contribution < -0.4 is 4.74 Å². The van der Waals surface area contributed by atoms with Crippen LogP contribution in [0.4, 0.5) is 17.6 Å². The summed E-state index contributed by atoms with van der Waals surface area (Å²) in [6.07, 6.45) is 3.22. The van der Waals surface area contributed by atoms with Gasteiger partial charge in [0.15, 0.2) is 17.7 Å². The lowest BCUT2D eigenvalue weighted by Crippen LogP contribution is -2.37. The molecular weight excluding hydrogens is 392 g/mol. The van der Waals surface area contributed by atoms with Crippen LogP contribution in [0.25, 0.3) is 0 Å². The number of alkyl halides is 3. The van der Waals surface area contributed by atoms with Crippen LogP contribution in [-0.4, -0.2) is 12.3 Å². The quantitative estimate of drug-likeness (QED) is 0.356. The molecule has 0 spiro atoms. The number of ether oxygens (including phenoxy) is 1. The Hall–Kier alpha value is -1.52. The van der Waals surface area contributed by atoms with E-state index in [4.69, 9.17) is 4.74 Å². The summed E-state index contributed by atoms with van der Waals surface area (Å²) in [5, 5.41) is 0. The largest absolute Gasteiger partial charge is 0.478 e. The summed E-state index contributed by atoms with van der Waals surface area (Å²) in [5.74, 6) is 1.70. The van der Waals surface area contributed by atoms with Crippen LogP contribution in [-0.2, 0) is 6.42 Å². The fourth-order valence-corrected chi connectivity index (χ4v) is 5.95. The van der Waals surface area contributed by atoms with E-state index in [0.717, 1.165) is 30.2 Å². The molecule has 2 saturated carbocycles. The Morgan fingerprint density at radius 1 is 0.933 bits per heavy atom. The fourth-order valence-electron chi connectivity index (χ4n) is 5.95. The van der Waals surface area contributed by atoms with E-state index in [-0.39, 0.29) is 18.6 Å². The zero-order valence-corrected chi connectivity index (χ0v) is 17.7. The molecule has 0 amide bonds. The van der Waals surface area contributed by atoms with Crippen molar-refractivity contribution in [3.05, 3.63) is 41.2 Å². The molecule has 1 nitrogen and oxygen atoms in total. The van der Waals surface area contributed by atoms with Crippen LogP contribution in [0, 0.1) is 23.6 Å². The maximum atomic E-state index is 14.6. The molecule has 0 aromatic heterocycles. The Morgan fingerprint density at radius 3 is 2.10 bits per heavy atom. The third kappa shape index (κ3) is 4.55. The number of allylic oxidation sites excluding steroid dienone is 1. The van der Waals surface area contributed by atoms with Crippen molar-refractivity contribution in [3.8, 4) is 5.75 Å². The van der Waals surface area contributed by atoms with Crippen molar-refractivity contribution in [2.75, 3.05) is 0 Å². The smallest absolute Gasteiger partial charge is 0.425 e. The van der Waals surface area contributed by atoms with Crippen molar-refractivity contribution in [2.24, 2.45) is 17.8 Å². The van der Waals surface area contributed by atoms with Gasteiger partial charge in [-0.2, -0.15) is 13.2 Å². The summed E-state index contributed by atoms with van der Waals surface area (Å²) in [7, 11) is 0. The Labute approximate surface area is 176 Å². The molecule has 5 heteroatoms. The van der Waals surface area contributed by atoms with Crippen LogP contribution in [0.1, 0.15) is 81.8 Å². The average molecular weight is 425 g/mol. The first-order valence-corrected chi connectivity index (χ1v) is 11.4. The van der Waals surface area contributed by atoms with Crippen molar-refractivity contribution < 1.29 is 22.3 Å². The summed E-state index contributed by atoms with van der Waals surface area (Å²) in [6, 6.07) is 3.31. The van der Waals surface area contributed by atoms with Gasteiger partial charge in [-0.1, -0.05) is 18.2 Å². The molecule has 0 N–H and O–H groups in total. The number of fused-ring (bicyclic) bond motifs is 1. The zero-order valence-electron chi connectivity index (χ0n) is 17.7. The lowest BCUT2D eigenvalue weighted by Gasteiger charge is -2.38. The van der Waals surface area contributed by atoms with Crippen molar-refractivity contribution in [2.45, 2.75) is 89.3 Å². The van der Waals surface area contributed by atoms with Crippen molar-refractivity contribution in [3.63, 3.8) is 0 Å². The van der Waals surface area contributed by atoms with Gasteiger partial charge in [0.25, 0.3) is 0 Å². The lowest BCUT2D eigenvalue weighted by molar-refractivity contribution is -0.199. The third-order valence-corrected chi connectivity index (χ3v) is 7.82. The van der Waals surface area contributed by atoms with Crippen LogP contribution in [0.2, 0.25) is 0 Å². The van der Waals surface area contributed by atoms with Crippen molar-refractivity contribution in [1.82, 2.24) is 0 Å². The number of hydrogen-bond acceptors (Lipinski definition) is 1. The molecule has 1 aromatic carbocycles. The molecule has 1 unspecified atom stereocenters. The molecule has 3 aliphatic rings. The zero-order chi connectivity index (χ0) is 21.5. The lowest BCUT2D eigenvalue weighted by atomic mass is 9.67. The summed E-state index contributed by atoms with van der Waals surface area (Å²) in [6.45, 7) is 6.26. The van der Waals surface area contributed by atoms with E-state index in [1.807, 2.05) is 6.07 Å². The molecule has 0 bridgehead atoms. The van der Waals surface area contributed by atoms with E-state index in [1.165, 1.54) is 50.2 Å². The second-order valence-electron chi connectivity index (χ2n) is 9.75. The number of rotatable bonds is 3. The number of halogens is 4. The molecule has 166 valence electrons. The maximum absolute atomic E-state index is 14.6. The van der Waals surface area contributed by atoms with Gasteiger partial charge in [0.05, 0.1) is 0 Å². The predicted octanol–water partition coefficient (Wildman–Crippen LogP) is 7.74. The van der Waals surface area contributed by atoms with Gasteiger partial charge in [-0.3, -0.25) is 0 Å². The Balaban J connectivity index is 1.37. The number of aryl methyl sites for hydroxylation is 1. The second-order valence-corrected chi connectivity index (χ2v) is 9.75. The molecule has 1 heterocycles. The third-order valence-electron chi connectivity index (χ3n) is 7.82. The van der Waals surface area contributed by atoms with E-state index in [2.05, 4.69) is 13.5 Å². The first-order chi connectivity index (χ1) is 14.2. The van der Waals surface area contributed by atoms with E-state index in [1.54, 1.807) is 0 Å². The molecule has 4 rings (SSSR count). The summed E-state index contributed by atoms with van der Waals surface area (Å²) in [4.78, 5) is 0. The van der Waals surface area contributed by atoms with Gasteiger partial charge in [-0.15, -0.1) is 0 Å². The van der Waals surface area contributed by atoms with E-state index < -0.39 is 18.1 Å². The van der Waals surface area contributed by atoms with Crippen LogP contribution in [0.3, 0.4) is 0 Å². The van der Waals surface area contributed by atoms with E-state index >= 15 is 0 Å². The maximum Gasteiger partial charge on any atom is 0.425 e. The van der Waals surface area contributed by atoms with E-state index in [0.29, 0.717) is 17.4 Å². The monoisotopic (exact) mass is 424 g/mol. The minimum atomic E-state index is -4.45. The fraction of sp³-hybridized carbons (Fsp3) is 0.680. The highest BCUT2D eigenvalue weighted by atomic mass is 19.4. The summed E-state index contributed by atoms with van der Waals surface area (Å²) >= 11 is 0. The molecule has 1 aromatic rings. The highest BCUT2D eigenvalue weighted by Crippen LogP contribution is 2.46. The Kier molecular flexibility index (Phi) is 6.18. The van der Waals surface area contributed by atoms with Crippen molar-refractivity contribution >= 4 is 0 Å². The second kappa shape index (κ2) is 8.55. The van der Waals surface area contributed by atoms with Crippen LogP contribution in [0.5, 0.6) is 5.75 Å². The first-order valence-electron chi connectivity index (χ1n) is 11.4. The summed E-state index contributed by atoms with van der Waals surface area (Å²) in [5.41, 5.74) is 2.84. The Bertz CT molecular complexity index is 768. The van der Waals surface area contributed by atoms with Gasteiger partial charge in [0.2, 0.25) is 0 Å². The van der Waals surface area contributed by atoms with Gasteiger partial charge in [0.1, 0.15) is 0 Å². The molecule has 2 fully saturated rings. The number of benzene rings is 1. The predicted molar refractivity (Wildman–Crippen MR) is 110 cm³/mol. The molecule has 1 atom stereocenters. The highest BCUT2D eigenvalue weighted by Gasteiger charge is 2.44. The minimum absolute atomic E-state index is 0.140. The van der Waals surface area contributed by atoms with Gasteiger partial charge in [-0.25, -0.2) is 4.39 Å². The molecule has 0 radical (unpaired) electrons. The molecule has 1 aliphatic heterocycles. The molecule has 0 saturated heterocycles. The molecular formula is C25H32F4O. The molecule has 30 heavy (non-hydrogen) atoms. The van der Waals surface area contributed by atoms with E-state index in [9.17, 15) is 17.6 Å². The van der Waals surface area contributed by atoms with Gasteiger partial charge < -0.3 is 4.74 Å².